The maximum atomic E-state index is 2.59. The van der Waals surface area contributed by atoms with E-state index in [1.54, 1.807) is 0 Å². The zero-order valence-corrected chi connectivity index (χ0v) is 13.1. The van der Waals surface area contributed by atoms with Crippen molar-refractivity contribution in [3.63, 3.8) is 0 Å². The molecule has 0 radical (unpaired) electrons. The van der Waals surface area contributed by atoms with Crippen LogP contribution in [0.4, 0.5) is 5.69 Å². The monoisotopic (exact) mass is 278 g/mol. The third kappa shape index (κ3) is 4.73. The SMILES string of the molecule is CCCCSCN1CCN(c2ccc(C)cc2)CC1. The molecule has 2 rings (SSSR count). The van der Waals surface area contributed by atoms with Crippen molar-refractivity contribution in [3.8, 4) is 0 Å². The predicted octanol–water partition coefficient (Wildman–Crippen LogP) is 3.61. The summed E-state index contributed by atoms with van der Waals surface area (Å²) in [5.74, 6) is 2.52. The standard InChI is InChI=1S/C16H26N2S/c1-3-4-13-19-14-17-9-11-18(12-10-17)16-7-5-15(2)6-8-16/h5-8H,3-4,9-14H2,1-2H3. The van der Waals surface area contributed by atoms with Crippen LogP contribution in [0, 0.1) is 6.92 Å². The second-order valence-corrected chi connectivity index (χ2v) is 6.41. The molecule has 0 saturated carbocycles. The second-order valence-electron chi connectivity index (χ2n) is 5.33. The number of hydrogen-bond donors (Lipinski definition) is 0. The highest BCUT2D eigenvalue weighted by Crippen LogP contribution is 2.18. The predicted molar refractivity (Wildman–Crippen MR) is 87.2 cm³/mol. The molecule has 0 spiro atoms. The van der Waals surface area contributed by atoms with E-state index < -0.39 is 0 Å². The zero-order valence-electron chi connectivity index (χ0n) is 12.3. The Morgan fingerprint density at radius 2 is 1.74 bits per heavy atom. The summed E-state index contributed by atoms with van der Waals surface area (Å²) in [5.41, 5.74) is 2.72. The fourth-order valence-electron chi connectivity index (χ4n) is 2.33. The highest BCUT2D eigenvalue weighted by Gasteiger charge is 2.16. The number of anilines is 1. The largest absolute Gasteiger partial charge is 0.369 e. The van der Waals surface area contributed by atoms with E-state index in [1.807, 2.05) is 0 Å². The lowest BCUT2D eigenvalue weighted by atomic mass is 10.2. The summed E-state index contributed by atoms with van der Waals surface area (Å²) in [4.78, 5) is 5.09. The summed E-state index contributed by atoms with van der Waals surface area (Å²) < 4.78 is 0. The quantitative estimate of drug-likeness (QED) is 0.734. The normalized spacial score (nSPS) is 16.8. The highest BCUT2D eigenvalue weighted by atomic mass is 32.2. The molecular formula is C16H26N2S. The fraction of sp³-hybridized carbons (Fsp3) is 0.625. The van der Waals surface area contributed by atoms with Crippen LogP contribution in [0.1, 0.15) is 25.3 Å². The third-order valence-corrected chi connectivity index (χ3v) is 4.81. The van der Waals surface area contributed by atoms with Gasteiger partial charge in [-0.2, -0.15) is 0 Å². The first-order valence-electron chi connectivity index (χ1n) is 7.41. The van der Waals surface area contributed by atoms with Gasteiger partial charge in [0.2, 0.25) is 0 Å². The van der Waals surface area contributed by atoms with Gasteiger partial charge < -0.3 is 4.90 Å². The van der Waals surface area contributed by atoms with E-state index in [0.717, 1.165) is 13.1 Å². The molecule has 2 nitrogen and oxygen atoms in total. The Balaban J connectivity index is 1.71. The first-order chi connectivity index (χ1) is 9.29. The van der Waals surface area contributed by atoms with E-state index in [0.29, 0.717) is 0 Å². The number of unbranched alkanes of at least 4 members (excludes halogenated alkanes) is 1. The van der Waals surface area contributed by atoms with Crippen LogP contribution in [0.5, 0.6) is 0 Å². The van der Waals surface area contributed by atoms with Gasteiger partial charge in [0.25, 0.3) is 0 Å². The lowest BCUT2D eigenvalue weighted by molar-refractivity contribution is 0.301. The topological polar surface area (TPSA) is 6.48 Å². The molecule has 1 aromatic carbocycles. The number of nitrogens with zero attached hydrogens (tertiary/aromatic N) is 2. The molecule has 19 heavy (non-hydrogen) atoms. The summed E-state index contributed by atoms with van der Waals surface area (Å²) in [7, 11) is 0. The van der Waals surface area contributed by atoms with Crippen molar-refractivity contribution >= 4 is 17.4 Å². The molecule has 0 N–H and O–H groups in total. The van der Waals surface area contributed by atoms with E-state index >= 15 is 0 Å². The molecule has 1 aliphatic rings. The Morgan fingerprint density at radius 1 is 1.05 bits per heavy atom. The Kier molecular flexibility index (Phi) is 6.05. The summed E-state index contributed by atoms with van der Waals surface area (Å²) in [6.07, 6.45) is 2.67. The van der Waals surface area contributed by atoms with Gasteiger partial charge in [-0.05, 0) is 31.2 Å². The first-order valence-corrected chi connectivity index (χ1v) is 8.57. The molecular weight excluding hydrogens is 252 g/mol. The molecule has 1 saturated heterocycles. The Bertz CT molecular complexity index is 356. The molecule has 0 amide bonds. The molecule has 1 aliphatic heterocycles. The van der Waals surface area contributed by atoms with E-state index in [-0.39, 0.29) is 0 Å². The smallest absolute Gasteiger partial charge is 0.0445 e. The van der Waals surface area contributed by atoms with Gasteiger partial charge in [-0.25, -0.2) is 0 Å². The van der Waals surface area contributed by atoms with Crippen LogP contribution < -0.4 is 4.90 Å². The van der Waals surface area contributed by atoms with Crippen molar-refractivity contribution in [1.82, 2.24) is 4.90 Å². The van der Waals surface area contributed by atoms with Crippen molar-refractivity contribution in [2.24, 2.45) is 0 Å². The van der Waals surface area contributed by atoms with Gasteiger partial charge in [-0.1, -0.05) is 31.0 Å². The van der Waals surface area contributed by atoms with Crippen LogP contribution in [-0.4, -0.2) is 42.7 Å². The minimum Gasteiger partial charge on any atom is -0.369 e. The van der Waals surface area contributed by atoms with Crippen LogP contribution in [0.2, 0.25) is 0 Å². The molecule has 1 aromatic rings. The van der Waals surface area contributed by atoms with Crippen LogP contribution in [0.25, 0.3) is 0 Å². The Hall–Kier alpha value is -0.670. The van der Waals surface area contributed by atoms with Gasteiger partial charge >= 0.3 is 0 Å². The molecule has 0 aromatic heterocycles. The van der Waals surface area contributed by atoms with E-state index in [1.165, 1.54) is 48.8 Å². The zero-order chi connectivity index (χ0) is 13.5. The van der Waals surface area contributed by atoms with Crippen molar-refractivity contribution in [3.05, 3.63) is 29.8 Å². The summed E-state index contributed by atoms with van der Waals surface area (Å²) in [6, 6.07) is 8.92. The van der Waals surface area contributed by atoms with Crippen LogP contribution in [-0.2, 0) is 0 Å². The molecule has 1 heterocycles. The molecule has 0 aliphatic carbocycles. The van der Waals surface area contributed by atoms with Gasteiger partial charge in [-0.3, -0.25) is 4.90 Å². The Morgan fingerprint density at radius 3 is 2.37 bits per heavy atom. The van der Waals surface area contributed by atoms with Crippen LogP contribution >= 0.6 is 11.8 Å². The number of benzene rings is 1. The van der Waals surface area contributed by atoms with E-state index in [9.17, 15) is 0 Å². The molecule has 0 bridgehead atoms. The van der Waals surface area contributed by atoms with Crippen molar-refractivity contribution in [2.75, 3.05) is 42.7 Å². The van der Waals surface area contributed by atoms with Gasteiger partial charge in [0, 0.05) is 37.7 Å². The third-order valence-electron chi connectivity index (χ3n) is 3.69. The average Bonchev–Trinajstić information content (AvgIpc) is 2.45. The number of piperazine rings is 1. The van der Waals surface area contributed by atoms with Crippen molar-refractivity contribution in [2.45, 2.75) is 26.7 Å². The average molecular weight is 278 g/mol. The van der Waals surface area contributed by atoms with Gasteiger partial charge in [-0.15, -0.1) is 11.8 Å². The van der Waals surface area contributed by atoms with E-state index in [2.05, 4.69) is 59.7 Å². The van der Waals surface area contributed by atoms with Crippen molar-refractivity contribution in [1.29, 1.82) is 0 Å². The van der Waals surface area contributed by atoms with Gasteiger partial charge in [0.15, 0.2) is 0 Å². The molecule has 1 fully saturated rings. The van der Waals surface area contributed by atoms with Crippen LogP contribution in [0.3, 0.4) is 0 Å². The molecule has 3 heteroatoms. The van der Waals surface area contributed by atoms with E-state index in [4.69, 9.17) is 0 Å². The lowest BCUT2D eigenvalue weighted by Crippen LogP contribution is -2.46. The summed E-state index contributed by atoms with van der Waals surface area (Å²) in [6.45, 7) is 9.14. The maximum absolute atomic E-state index is 2.59. The Labute approximate surface area is 122 Å². The minimum absolute atomic E-state index is 1.16. The minimum atomic E-state index is 1.16. The first kappa shape index (κ1) is 14.7. The molecule has 0 atom stereocenters. The van der Waals surface area contributed by atoms with Crippen LogP contribution in [0.15, 0.2) is 24.3 Å². The molecule has 106 valence electrons. The lowest BCUT2D eigenvalue weighted by Gasteiger charge is -2.36. The number of thioether (sulfide) groups is 1. The molecule has 0 unspecified atom stereocenters. The number of rotatable bonds is 6. The second kappa shape index (κ2) is 7.81. The van der Waals surface area contributed by atoms with Crippen molar-refractivity contribution < 1.29 is 0 Å². The van der Waals surface area contributed by atoms with Gasteiger partial charge in [0.05, 0.1) is 0 Å². The fourth-order valence-corrected chi connectivity index (χ4v) is 3.47. The number of hydrogen-bond acceptors (Lipinski definition) is 3. The summed E-state index contributed by atoms with van der Waals surface area (Å²) >= 11 is 2.09. The number of aryl methyl sites for hydroxylation is 1. The maximum Gasteiger partial charge on any atom is 0.0445 e. The highest BCUT2D eigenvalue weighted by molar-refractivity contribution is 7.99. The van der Waals surface area contributed by atoms with Gasteiger partial charge in [0.1, 0.15) is 0 Å². The summed E-state index contributed by atoms with van der Waals surface area (Å²) in [5, 5.41) is 0.